The first kappa shape index (κ1) is 20.7. The maximum atomic E-state index is 13.9. The summed E-state index contributed by atoms with van der Waals surface area (Å²) in [6, 6.07) is 0.984. The molecule has 0 aliphatic carbocycles. The summed E-state index contributed by atoms with van der Waals surface area (Å²) in [5, 5.41) is 0. The Labute approximate surface area is 148 Å². The summed E-state index contributed by atoms with van der Waals surface area (Å²) >= 11 is 0. The van der Waals surface area contributed by atoms with Crippen LogP contribution < -0.4 is 0 Å². The summed E-state index contributed by atoms with van der Waals surface area (Å²) < 4.78 is 57.7. The summed E-state index contributed by atoms with van der Waals surface area (Å²) in [6.45, 7) is 7.47. The van der Waals surface area contributed by atoms with Crippen molar-refractivity contribution < 1.29 is 27.4 Å². The molecule has 1 saturated heterocycles. The number of hydrogen-bond acceptors (Lipinski definition) is 5. The van der Waals surface area contributed by atoms with E-state index in [-0.39, 0.29) is 26.3 Å². The van der Waals surface area contributed by atoms with Crippen LogP contribution in [0.5, 0.6) is 0 Å². The van der Waals surface area contributed by atoms with Gasteiger partial charge in [-0.2, -0.15) is 13.2 Å². The van der Waals surface area contributed by atoms with Gasteiger partial charge in [0.1, 0.15) is 6.73 Å². The molecule has 0 amide bonds. The average molecular weight is 382 g/mol. The molecule has 1 fully saturated rings. The van der Waals surface area contributed by atoms with Gasteiger partial charge in [-0.1, -0.05) is 19.6 Å². The Kier molecular flexibility index (Phi) is 6.56. The van der Waals surface area contributed by atoms with Crippen LogP contribution in [-0.2, 0) is 14.2 Å². The smallest absolute Gasteiger partial charge is 0.361 e. The summed E-state index contributed by atoms with van der Waals surface area (Å²) in [5.41, 5.74) is -2.10. The molecule has 2 aliphatic heterocycles. The zero-order valence-corrected chi connectivity index (χ0v) is 16.4. The fourth-order valence-corrected chi connectivity index (χ4v) is 3.96. The molecule has 0 bridgehead atoms. The largest absolute Gasteiger partial charge is 0.415 e. The highest BCUT2D eigenvalue weighted by molar-refractivity contribution is 6.76. The Morgan fingerprint density at radius 1 is 1.36 bits per heavy atom. The van der Waals surface area contributed by atoms with E-state index in [0.717, 1.165) is 6.04 Å². The predicted molar refractivity (Wildman–Crippen MR) is 92.4 cm³/mol. The molecule has 0 N–H and O–H groups in total. The van der Waals surface area contributed by atoms with E-state index in [4.69, 9.17) is 14.2 Å². The van der Waals surface area contributed by atoms with Crippen LogP contribution in [0.15, 0.2) is 4.99 Å². The van der Waals surface area contributed by atoms with Gasteiger partial charge in [-0.15, -0.1) is 0 Å². The Bertz CT molecular complexity index is 471. The molecule has 3 atom stereocenters. The number of nitrogens with zero attached hydrogens (tertiary/aromatic N) is 2. The first-order valence-corrected chi connectivity index (χ1v) is 12.4. The Morgan fingerprint density at radius 3 is 2.68 bits per heavy atom. The van der Waals surface area contributed by atoms with Crippen molar-refractivity contribution in [1.29, 1.82) is 0 Å². The number of hydrogen-bond donors (Lipinski definition) is 0. The van der Waals surface area contributed by atoms with E-state index in [2.05, 4.69) is 24.6 Å². The van der Waals surface area contributed by atoms with Gasteiger partial charge in [-0.25, -0.2) is 0 Å². The molecule has 0 spiro atoms. The highest BCUT2D eigenvalue weighted by Gasteiger charge is 2.62. The van der Waals surface area contributed by atoms with Crippen molar-refractivity contribution in [3.8, 4) is 0 Å². The van der Waals surface area contributed by atoms with Crippen LogP contribution in [0, 0.1) is 5.92 Å². The van der Waals surface area contributed by atoms with Crippen LogP contribution in [0.4, 0.5) is 13.2 Å². The zero-order chi connectivity index (χ0) is 18.7. The van der Waals surface area contributed by atoms with Crippen LogP contribution in [0.1, 0.15) is 12.8 Å². The van der Waals surface area contributed by atoms with Crippen molar-refractivity contribution >= 4 is 14.4 Å². The number of methoxy groups -OCH3 is 1. The molecule has 9 heteroatoms. The monoisotopic (exact) mass is 382 g/mol. The molecule has 0 saturated carbocycles. The van der Waals surface area contributed by atoms with Gasteiger partial charge in [0.25, 0.3) is 0 Å². The van der Waals surface area contributed by atoms with Gasteiger partial charge in [0, 0.05) is 34.1 Å². The van der Waals surface area contributed by atoms with Crippen LogP contribution in [0.3, 0.4) is 0 Å². The fourth-order valence-electron chi connectivity index (χ4n) is 3.20. The van der Waals surface area contributed by atoms with Gasteiger partial charge in [0.05, 0.1) is 19.5 Å². The van der Waals surface area contributed by atoms with Crippen molar-refractivity contribution in [2.45, 2.75) is 56.5 Å². The lowest BCUT2D eigenvalue weighted by Gasteiger charge is -2.40. The number of ether oxygens (including phenoxy) is 3. The minimum absolute atomic E-state index is 0.142. The maximum Gasteiger partial charge on any atom is 0.415 e. The standard InChI is InChI=1S/C16H29F3N2O3Si/c1-22-14-9-13(5-6-24-14)15(16(17,18)19)10-21(11-20-15)12-23-7-8-25(2,3)4/h11,13-14H,5-10,12H2,1-4H3. The summed E-state index contributed by atoms with van der Waals surface area (Å²) in [5.74, 6) is -0.658. The zero-order valence-electron chi connectivity index (χ0n) is 15.4. The first-order valence-electron chi connectivity index (χ1n) is 8.66. The summed E-state index contributed by atoms with van der Waals surface area (Å²) in [6.07, 6.45) is -3.22. The molecule has 3 unspecified atom stereocenters. The van der Waals surface area contributed by atoms with Gasteiger partial charge in [0.15, 0.2) is 11.8 Å². The fraction of sp³-hybridized carbons (Fsp3) is 0.938. The van der Waals surface area contributed by atoms with Gasteiger partial charge in [0.2, 0.25) is 0 Å². The van der Waals surface area contributed by atoms with E-state index in [1.807, 2.05) is 0 Å². The lowest BCUT2D eigenvalue weighted by Crippen LogP contribution is -2.55. The number of halogens is 3. The van der Waals surface area contributed by atoms with E-state index in [9.17, 15) is 13.2 Å². The maximum absolute atomic E-state index is 13.9. The second kappa shape index (κ2) is 7.94. The number of alkyl halides is 3. The van der Waals surface area contributed by atoms with Crippen molar-refractivity contribution in [3.63, 3.8) is 0 Å². The minimum atomic E-state index is -4.42. The Balaban J connectivity index is 1.97. The lowest BCUT2D eigenvalue weighted by molar-refractivity contribution is -0.227. The molecule has 5 nitrogen and oxygen atoms in total. The first-order chi connectivity index (χ1) is 11.6. The molecule has 146 valence electrons. The van der Waals surface area contributed by atoms with Gasteiger partial charge < -0.3 is 19.1 Å². The molecule has 0 aromatic rings. The molecule has 2 aliphatic rings. The summed E-state index contributed by atoms with van der Waals surface area (Å²) in [7, 11) is 0.232. The molecule has 0 radical (unpaired) electrons. The van der Waals surface area contributed by atoms with E-state index in [0.29, 0.717) is 13.0 Å². The number of aliphatic imine (C=N–C) groups is 1. The third kappa shape index (κ3) is 5.18. The van der Waals surface area contributed by atoms with Gasteiger partial charge in [-0.3, -0.25) is 4.99 Å². The molecule has 0 aromatic heterocycles. The molecule has 0 aromatic carbocycles. The second-order valence-corrected chi connectivity index (χ2v) is 13.6. The molecule has 25 heavy (non-hydrogen) atoms. The van der Waals surface area contributed by atoms with E-state index < -0.39 is 32.0 Å². The van der Waals surface area contributed by atoms with Crippen molar-refractivity contribution in [1.82, 2.24) is 4.90 Å². The van der Waals surface area contributed by atoms with Crippen molar-refractivity contribution in [2.24, 2.45) is 10.9 Å². The third-order valence-electron chi connectivity index (χ3n) is 4.83. The highest BCUT2D eigenvalue weighted by atomic mass is 28.3. The van der Waals surface area contributed by atoms with E-state index in [1.54, 1.807) is 0 Å². The Morgan fingerprint density at radius 2 is 2.08 bits per heavy atom. The van der Waals surface area contributed by atoms with Crippen LogP contribution in [0.2, 0.25) is 25.7 Å². The van der Waals surface area contributed by atoms with Crippen molar-refractivity contribution in [2.75, 3.05) is 33.6 Å². The SMILES string of the molecule is COC1CC(C2(C(F)(F)F)CN(COCC[Si](C)(C)C)C=N2)CCO1. The van der Waals surface area contributed by atoms with Crippen LogP contribution in [0.25, 0.3) is 0 Å². The van der Waals surface area contributed by atoms with E-state index in [1.165, 1.54) is 18.3 Å². The minimum Gasteiger partial charge on any atom is -0.361 e. The van der Waals surface area contributed by atoms with E-state index >= 15 is 0 Å². The molecular weight excluding hydrogens is 353 g/mol. The lowest BCUT2D eigenvalue weighted by atomic mass is 9.78. The normalized spacial score (nSPS) is 30.9. The molecular formula is C16H29F3N2O3Si. The molecule has 2 heterocycles. The summed E-state index contributed by atoms with van der Waals surface area (Å²) in [4.78, 5) is 5.46. The quantitative estimate of drug-likeness (QED) is 0.500. The van der Waals surface area contributed by atoms with Gasteiger partial charge in [-0.05, 0) is 12.5 Å². The van der Waals surface area contributed by atoms with Crippen LogP contribution in [-0.4, -0.2) is 70.9 Å². The van der Waals surface area contributed by atoms with Crippen LogP contribution >= 0.6 is 0 Å². The average Bonchev–Trinajstić information content (AvgIpc) is 2.96. The predicted octanol–water partition coefficient (Wildman–Crippen LogP) is 3.34. The Hall–Kier alpha value is -0.643. The third-order valence-corrected chi connectivity index (χ3v) is 6.53. The second-order valence-electron chi connectivity index (χ2n) is 8.02. The topological polar surface area (TPSA) is 43.3 Å². The highest BCUT2D eigenvalue weighted by Crippen LogP contribution is 2.46. The molecule has 2 rings (SSSR count). The number of rotatable bonds is 7. The van der Waals surface area contributed by atoms with Crippen molar-refractivity contribution in [3.05, 3.63) is 0 Å². The van der Waals surface area contributed by atoms with Gasteiger partial charge >= 0.3 is 6.18 Å².